The maximum atomic E-state index is 13.6. The summed E-state index contributed by atoms with van der Waals surface area (Å²) in [5, 5.41) is 13.6. The third-order valence-corrected chi connectivity index (χ3v) is 7.96. The number of ether oxygens (including phenoxy) is 2. The van der Waals surface area contributed by atoms with Gasteiger partial charge < -0.3 is 24.5 Å². The molecule has 4 heterocycles. The quantitative estimate of drug-likeness (QED) is 0.399. The fourth-order valence-electron chi connectivity index (χ4n) is 4.95. The molecule has 3 aromatic heterocycles. The van der Waals surface area contributed by atoms with Crippen molar-refractivity contribution in [3.63, 3.8) is 0 Å². The number of imidazole rings is 1. The molecule has 4 unspecified atom stereocenters. The highest BCUT2D eigenvalue weighted by molar-refractivity contribution is 7.14. The van der Waals surface area contributed by atoms with Crippen LogP contribution in [0.25, 0.3) is 4.85 Å². The predicted molar refractivity (Wildman–Crippen MR) is 135 cm³/mol. The number of fused-ring (bicyclic) bond motifs is 1. The Kier molecular flexibility index (Phi) is 7.58. The van der Waals surface area contributed by atoms with Gasteiger partial charge in [-0.3, -0.25) is 4.79 Å². The van der Waals surface area contributed by atoms with Crippen molar-refractivity contribution in [2.75, 3.05) is 18.5 Å². The van der Waals surface area contributed by atoms with Crippen molar-refractivity contribution in [3.8, 4) is 6.57 Å². The maximum absolute atomic E-state index is 13.6. The number of carbonyl (C=O) groups is 2. The summed E-state index contributed by atoms with van der Waals surface area (Å²) in [7, 11) is 0. The van der Waals surface area contributed by atoms with Crippen molar-refractivity contribution >= 4 is 29.0 Å². The van der Waals surface area contributed by atoms with Crippen LogP contribution >= 0.6 is 11.3 Å². The predicted octanol–water partition coefficient (Wildman–Crippen LogP) is 4.06. The van der Waals surface area contributed by atoms with Gasteiger partial charge in [0, 0.05) is 41.3 Å². The van der Waals surface area contributed by atoms with Crippen LogP contribution in [0.3, 0.4) is 0 Å². The molecule has 0 saturated heterocycles. The highest BCUT2D eigenvalue weighted by Crippen LogP contribution is 2.38. The van der Waals surface area contributed by atoms with E-state index in [1.54, 1.807) is 13.0 Å². The van der Waals surface area contributed by atoms with E-state index in [1.807, 2.05) is 0 Å². The van der Waals surface area contributed by atoms with Crippen LogP contribution in [0.5, 0.6) is 0 Å². The number of carbonyl (C=O) groups excluding carboxylic acids is 2. The average molecular weight is 578 g/mol. The van der Waals surface area contributed by atoms with Crippen molar-refractivity contribution < 1.29 is 37.3 Å². The van der Waals surface area contributed by atoms with E-state index in [0.29, 0.717) is 28.2 Å². The zero-order valence-electron chi connectivity index (χ0n) is 21.1. The molecule has 15 heteroatoms. The highest BCUT2D eigenvalue weighted by Gasteiger charge is 2.38. The van der Waals surface area contributed by atoms with Gasteiger partial charge in [0.25, 0.3) is 6.57 Å². The van der Waals surface area contributed by atoms with Gasteiger partial charge in [-0.15, -0.1) is 11.3 Å². The second-order valence-electron chi connectivity index (χ2n) is 9.51. The van der Waals surface area contributed by atoms with Crippen molar-refractivity contribution in [2.24, 2.45) is 5.92 Å². The number of halogens is 3. The number of rotatable bonds is 7. The third-order valence-electron chi connectivity index (χ3n) is 6.89. The first-order valence-corrected chi connectivity index (χ1v) is 13.1. The fraction of sp³-hybridized carbons (Fsp3) is 0.440. The number of nitrogens with one attached hydrogen (secondary N) is 1. The first-order chi connectivity index (χ1) is 19.0. The second kappa shape index (κ2) is 11.0. The molecule has 0 spiro atoms. The van der Waals surface area contributed by atoms with Crippen LogP contribution in [-0.2, 0) is 22.2 Å². The fourth-order valence-corrected chi connectivity index (χ4v) is 5.95. The molecule has 0 aromatic carbocycles. The van der Waals surface area contributed by atoms with E-state index < -0.39 is 30.2 Å². The molecule has 3 aromatic rings. The van der Waals surface area contributed by atoms with Gasteiger partial charge in [0.15, 0.2) is 5.69 Å². The van der Waals surface area contributed by atoms with Crippen LogP contribution in [0.4, 0.5) is 23.8 Å². The molecule has 0 bridgehead atoms. The number of aromatic nitrogens is 4. The minimum absolute atomic E-state index is 0.0579. The van der Waals surface area contributed by atoms with Crippen LogP contribution in [0, 0.1) is 19.4 Å². The van der Waals surface area contributed by atoms with Crippen molar-refractivity contribution in [2.45, 2.75) is 50.7 Å². The molecule has 5 rings (SSSR count). The van der Waals surface area contributed by atoms with Crippen molar-refractivity contribution in [1.29, 1.82) is 0 Å². The second-order valence-corrected chi connectivity index (χ2v) is 10.8. The van der Waals surface area contributed by atoms with Crippen molar-refractivity contribution in [3.05, 3.63) is 62.0 Å². The van der Waals surface area contributed by atoms with E-state index in [1.165, 1.54) is 28.4 Å². The number of hydrogen-bond acceptors (Lipinski definition) is 10. The number of hydrogen-bond donors (Lipinski definition) is 2. The number of anilines is 1. The van der Waals surface area contributed by atoms with Gasteiger partial charge in [0.05, 0.1) is 28.0 Å². The first kappa shape index (κ1) is 27.7. The molecule has 210 valence electrons. The molecule has 11 nitrogen and oxygen atoms in total. The zero-order chi connectivity index (χ0) is 28.6. The Balaban J connectivity index is 1.35. The number of thiophene rings is 1. The average Bonchev–Trinajstić information content (AvgIpc) is 3.63. The number of aliphatic hydroxyl groups is 1. The summed E-state index contributed by atoms with van der Waals surface area (Å²) in [5.74, 6) is -0.346. The van der Waals surface area contributed by atoms with E-state index >= 15 is 0 Å². The minimum atomic E-state index is -4.59. The molecule has 1 aliphatic carbocycles. The molecule has 1 aliphatic heterocycles. The van der Waals surface area contributed by atoms with Crippen LogP contribution in [0.15, 0.2) is 24.8 Å². The molecular weight excluding hydrogens is 553 g/mol. The molecule has 0 radical (unpaired) electrons. The van der Waals surface area contributed by atoms with E-state index in [2.05, 4.69) is 25.1 Å². The summed E-state index contributed by atoms with van der Waals surface area (Å²) < 4.78 is 52.0. The van der Waals surface area contributed by atoms with Crippen LogP contribution in [0.2, 0.25) is 0 Å². The lowest BCUT2D eigenvalue weighted by Gasteiger charge is -2.24. The van der Waals surface area contributed by atoms with Gasteiger partial charge in [-0.1, -0.05) is 0 Å². The topological polar surface area (TPSA) is 133 Å². The molecule has 4 atom stereocenters. The molecule has 2 aliphatic rings. The molecule has 1 amide bonds. The molecular formula is C25H24F3N6O5S+. The highest BCUT2D eigenvalue weighted by atomic mass is 32.1. The van der Waals surface area contributed by atoms with Gasteiger partial charge in [0.1, 0.15) is 30.7 Å². The summed E-state index contributed by atoms with van der Waals surface area (Å²) in [6, 6.07) is 1.33. The van der Waals surface area contributed by atoms with Crippen LogP contribution in [0.1, 0.15) is 56.1 Å². The minimum Gasteiger partial charge on any atom is -0.397 e. The van der Waals surface area contributed by atoms with Gasteiger partial charge >= 0.3 is 12.3 Å². The van der Waals surface area contributed by atoms with E-state index in [9.17, 15) is 27.9 Å². The van der Waals surface area contributed by atoms with Gasteiger partial charge in [-0.2, -0.15) is 18.0 Å². The van der Waals surface area contributed by atoms with Gasteiger partial charge in [0.2, 0.25) is 5.78 Å². The lowest BCUT2D eigenvalue weighted by atomic mass is 10.1. The lowest BCUT2D eigenvalue weighted by Crippen LogP contribution is -2.22. The first-order valence-electron chi connectivity index (χ1n) is 12.3. The number of amides is 1. The standard InChI is InChI=1S/C25H23F3N6O5S/c1-12-15(21-23-33-19(25(26,27)28)9-34(23)3-4-38-21)7-18(40-12)20(36)16-8-30-11-31-22(16)32-14-5-13(17(35)6-14)10-39-24(37)29-2/h2,7-9,11,13-14,17,21,35H,3-6,10H2,1H3/p+1. The smallest absolute Gasteiger partial charge is 0.397 e. The number of aryl methyl sites for hydroxylation is 1. The zero-order valence-corrected chi connectivity index (χ0v) is 21.9. The molecule has 40 heavy (non-hydrogen) atoms. The van der Waals surface area contributed by atoms with E-state index in [0.717, 1.165) is 6.20 Å². The monoisotopic (exact) mass is 577 g/mol. The summed E-state index contributed by atoms with van der Waals surface area (Å²) >= 11 is 1.18. The number of alkyl halides is 3. The summed E-state index contributed by atoms with van der Waals surface area (Å²) in [5.41, 5.74) is -0.251. The van der Waals surface area contributed by atoms with E-state index in [4.69, 9.17) is 16.0 Å². The molecule has 1 fully saturated rings. The Morgan fingerprint density at radius 1 is 1.38 bits per heavy atom. The number of ketones is 1. The van der Waals surface area contributed by atoms with Crippen molar-refractivity contribution in [1.82, 2.24) is 19.5 Å². The lowest BCUT2D eigenvalue weighted by molar-refractivity contribution is -0.141. The largest absolute Gasteiger partial charge is 0.727 e. The Bertz CT molecular complexity index is 1480. The Labute approximate surface area is 229 Å². The Morgan fingerprint density at radius 3 is 2.92 bits per heavy atom. The SMILES string of the molecule is C#[N+]C(=O)OCC1CC(Nc2ncncc2C(=O)c2cc(C3OCCn4cc(C(F)(F)F)nc43)c(C)s2)CC1O. The van der Waals surface area contributed by atoms with Gasteiger partial charge in [-0.25, -0.2) is 15.0 Å². The molecule has 2 N–H and O–H groups in total. The van der Waals surface area contributed by atoms with Crippen LogP contribution in [-0.4, -0.2) is 61.9 Å². The molecule has 1 saturated carbocycles. The summed E-state index contributed by atoms with van der Waals surface area (Å²) in [6.45, 7) is 7.02. The Hall–Kier alpha value is -3.87. The Morgan fingerprint density at radius 2 is 2.17 bits per heavy atom. The van der Waals surface area contributed by atoms with Gasteiger partial charge in [-0.05, 0) is 25.8 Å². The normalized spacial score (nSPS) is 22.4. The maximum Gasteiger partial charge on any atom is 0.727 e. The van der Waals surface area contributed by atoms with E-state index in [-0.39, 0.29) is 54.7 Å². The number of aliphatic hydroxyl groups excluding tert-OH is 1. The van der Waals surface area contributed by atoms with Crippen LogP contribution < -0.4 is 5.32 Å². The number of nitrogens with zero attached hydrogens (tertiary/aromatic N) is 5. The third kappa shape index (κ3) is 5.55. The summed E-state index contributed by atoms with van der Waals surface area (Å²) in [4.78, 5) is 40.7. The summed E-state index contributed by atoms with van der Waals surface area (Å²) in [6.07, 6.45) is -2.74.